The average Bonchev–Trinajstić information content (AvgIpc) is 3.13. The lowest BCUT2D eigenvalue weighted by Gasteiger charge is -2.18. The molecule has 1 aromatic heterocycles. The first-order chi connectivity index (χ1) is 13.9. The molecule has 0 unspecified atom stereocenters. The second kappa shape index (κ2) is 8.98. The van der Waals surface area contributed by atoms with Gasteiger partial charge in [0.2, 0.25) is 10.0 Å². The Morgan fingerprint density at radius 1 is 1.17 bits per heavy atom. The van der Waals surface area contributed by atoms with E-state index in [1.54, 1.807) is 24.3 Å². The van der Waals surface area contributed by atoms with E-state index in [9.17, 15) is 8.42 Å². The van der Waals surface area contributed by atoms with Gasteiger partial charge in [0.1, 0.15) is 11.6 Å². The lowest BCUT2D eigenvalue weighted by atomic mass is 10.2. The number of aromatic amines is 1. The second-order valence-electron chi connectivity index (χ2n) is 6.35. The van der Waals surface area contributed by atoms with Crippen molar-refractivity contribution in [2.45, 2.75) is 25.7 Å². The van der Waals surface area contributed by atoms with Crippen LogP contribution in [0.25, 0.3) is 22.1 Å². The maximum atomic E-state index is 12.7. The van der Waals surface area contributed by atoms with Crippen LogP contribution in [0.1, 0.15) is 32.2 Å². The Balaban J connectivity index is 1.95. The van der Waals surface area contributed by atoms with Crippen LogP contribution in [0.5, 0.6) is 5.75 Å². The lowest BCUT2D eigenvalue weighted by Crippen LogP contribution is -2.30. The van der Waals surface area contributed by atoms with Crippen molar-refractivity contribution in [3.63, 3.8) is 0 Å². The molecule has 0 saturated carbocycles. The van der Waals surface area contributed by atoms with E-state index in [2.05, 4.69) is 9.97 Å². The van der Waals surface area contributed by atoms with Crippen LogP contribution in [0.3, 0.4) is 0 Å². The smallest absolute Gasteiger partial charge is 0.243 e. The number of fused-ring (bicyclic) bond motifs is 1. The van der Waals surface area contributed by atoms with Gasteiger partial charge in [-0.25, -0.2) is 13.4 Å². The molecule has 0 fully saturated rings. The molecule has 1 N–H and O–H groups in total. The molecular weight excluding hydrogens is 410 g/mol. The number of rotatable bonds is 8. The fourth-order valence-corrected chi connectivity index (χ4v) is 4.75. The normalized spacial score (nSPS) is 12.7. The summed E-state index contributed by atoms with van der Waals surface area (Å²) in [6.07, 6.45) is 1.79. The van der Waals surface area contributed by atoms with Crippen molar-refractivity contribution in [2.24, 2.45) is 0 Å². The fraction of sp³-hybridized carbons (Fsp3) is 0.286. The topological polar surface area (TPSA) is 75.3 Å². The largest absolute Gasteiger partial charge is 0.494 e. The van der Waals surface area contributed by atoms with Gasteiger partial charge >= 0.3 is 0 Å². The van der Waals surface area contributed by atoms with Crippen LogP contribution in [0.15, 0.2) is 47.4 Å². The van der Waals surface area contributed by atoms with E-state index in [0.29, 0.717) is 41.6 Å². The number of nitrogens with zero attached hydrogens (tertiary/aromatic N) is 2. The first-order valence-electron chi connectivity index (χ1n) is 9.49. The van der Waals surface area contributed by atoms with Crippen molar-refractivity contribution >= 4 is 43.8 Å². The third kappa shape index (κ3) is 4.63. The number of benzene rings is 2. The van der Waals surface area contributed by atoms with E-state index >= 15 is 0 Å². The van der Waals surface area contributed by atoms with Gasteiger partial charge in [-0.15, -0.1) is 0 Å². The van der Waals surface area contributed by atoms with Gasteiger partial charge < -0.3 is 9.72 Å². The predicted octanol–water partition coefficient (Wildman–Crippen LogP) is 4.73. The Hall–Kier alpha value is -2.35. The Morgan fingerprint density at radius 2 is 1.93 bits per heavy atom. The predicted molar refractivity (Wildman–Crippen MR) is 118 cm³/mol. The monoisotopic (exact) mass is 433 g/mol. The van der Waals surface area contributed by atoms with E-state index in [4.69, 9.17) is 16.3 Å². The van der Waals surface area contributed by atoms with Gasteiger partial charge in [0.15, 0.2) is 0 Å². The molecule has 3 rings (SSSR count). The maximum Gasteiger partial charge on any atom is 0.243 e. The van der Waals surface area contributed by atoms with Crippen LogP contribution >= 0.6 is 11.6 Å². The first-order valence-corrected chi connectivity index (χ1v) is 11.3. The van der Waals surface area contributed by atoms with Crippen molar-refractivity contribution in [3.8, 4) is 5.75 Å². The Bertz CT molecular complexity index is 1140. The van der Waals surface area contributed by atoms with Crippen molar-refractivity contribution in [3.05, 3.63) is 53.9 Å². The zero-order valence-corrected chi connectivity index (χ0v) is 18.2. The summed E-state index contributed by atoms with van der Waals surface area (Å²) in [4.78, 5) is 7.83. The molecule has 0 aliphatic heterocycles. The van der Waals surface area contributed by atoms with Gasteiger partial charge in [-0.3, -0.25) is 0 Å². The highest BCUT2D eigenvalue weighted by atomic mass is 35.5. The molecule has 0 radical (unpaired) electrons. The van der Waals surface area contributed by atoms with Crippen LogP contribution in [0, 0.1) is 0 Å². The SMILES string of the molecule is CCOc1cccc(/C=C(/Cl)c2nc3ccc(S(=O)(=O)N(CC)CC)cc3[nH]2)c1. The van der Waals surface area contributed by atoms with Gasteiger partial charge in [0, 0.05) is 13.1 Å². The minimum atomic E-state index is -3.54. The second-order valence-corrected chi connectivity index (χ2v) is 8.70. The van der Waals surface area contributed by atoms with Crippen LogP contribution in [-0.4, -0.2) is 42.4 Å². The zero-order valence-electron chi connectivity index (χ0n) is 16.6. The molecule has 0 aliphatic carbocycles. The average molecular weight is 434 g/mol. The van der Waals surface area contributed by atoms with Gasteiger partial charge in [0.25, 0.3) is 0 Å². The summed E-state index contributed by atoms with van der Waals surface area (Å²) >= 11 is 6.47. The molecule has 1 heterocycles. The van der Waals surface area contributed by atoms with E-state index in [1.807, 2.05) is 45.0 Å². The number of halogens is 1. The molecule has 3 aromatic rings. The minimum absolute atomic E-state index is 0.230. The van der Waals surface area contributed by atoms with Crippen LogP contribution in [0.2, 0.25) is 0 Å². The first kappa shape index (κ1) is 21.4. The summed E-state index contributed by atoms with van der Waals surface area (Å²) in [5, 5.41) is 0.419. The summed E-state index contributed by atoms with van der Waals surface area (Å²) in [5.74, 6) is 1.24. The minimum Gasteiger partial charge on any atom is -0.494 e. The molecule has 0 atom stereocenters. The van der Waals surface area contributed by atoms with Crippen molar-refractivity contribution < 1.29 is 13.2 Å². The molecule has 0 saturated heterocycles. The Kier molecular flexibility index (Phi) is 6.62. The van der Waals surface area contributed by atoms with E-state index in [1.165, 1.54) is 4.31 Å². The summed E-state index contributed by atoms with van der Waals surface area (Å²) in [5.41, 5.74) is 2.14. The molecule has 6 nitrogen and oxygen atoms in total. The fourth-order valence-electron chi connectivity index (χ4n) is 3.05. The molecule has 154 valence electrons. The van der Waals surface area contributed by atoms with E-state index in [0.717, 1.165) is 11.3 Å². The molecule has 8 heteroatoms. The maximum absolute atomic E-state index is 12.7. The number of imidazole rings is 1. The number of H-pyrrole nitrogens is 1. The highest BCUT2D eigenvalue weighted by molar-refractivity contribution is 7.89. The molecule has 29 heavy (non-hydrogen) atoms. The number of ether oxygens (including phenoxy) is 1. The van der Waals surface area contributed by atoms with Crippen molar-refractivity contribution in [1.29, 1.82) is 0 Å². The standard InChI is InChI=1S/C21H24ClN3O3S/c1-4-25(5-2)29(26,27)17-10-11-19-20(14-17)24-21(23-19)18(22)13-15-8-7-9-16(12-15)28-6-3/h7-14H,4-6H2,1-3H3,(H,23,24)/b18-13+. The van der Waals surface area contributed by atoms with Crippen molar-refractivity contribution in [1.82, 2.24) is 14.3 Å². The quantitative estimate of drug-likeness (QED) is 0.557. The van der Waals surface area contributed by atoms with Crippen LogP contribution in [-0.2, 0) is 10.0 Å². The van der Waals surface area contributed by atoms with Gasteiger partial charge in [-0.1, -0.05) is 37.6 Å². The molecule has 2 aromatic carbocycles. The third-order valence-electron chi connectivity index (χ3n) is 4.49. The van der Waals surface area contributed by atoms with E-state index in [-0.39, 0.29) is 4.90 Å². The Labute approximate surface area is 176 Å². The van der Waals surface area contributed by atoms with Crippen LogP contribution in [0.4, 0.5) is 0 Å². The molecular formula is C21H24ClN3O3S. The molecule has 0 amide bonds. The summed E-state index contributed by atoms with van der Waals surface area (Å²) in [6.45, 7) is 6.99. The number of sulfonamides is 1. The lowest BCUT2D eigenvalue weighted by molar-refractivity contribution is 0.340. The zero-order chi connectivity index (χ0) is 21.0. The highest BCUT2D eigenvalue weighted by Crippen LogP contribution is 2.26. The molecule has 0 spiro atoms. The summed E-state index contributed by atoms with van der Waals surface area (Å²) in [6, 6.07) is 12.4. The number of aromatic nitrogens is 2. The highest BCUT2D eigenvalue weighted by Gasteiger charge is 2.22. The number of hydrogen-bond acceptors (Lipinski definition) is 4. The molecule has 0 bridgehead atoms. The molecule has 0 aliphatic rings. The van der Waals surface area contributed by atoms with Gasteiger partial charge in [0.05, 0.1) is 27.6 Å². The summed E-state index contributed by atoms with van der Waals surface area (Å²) in [7, 11) is -3.54. The van der Waals surface area contributed by atoms with Gasteiger partial charge in [-0.2, -0.15) is 4.31 Å². The van der Waals surface area contributed by atoms with E-state index < -0.39 is 10.0 Å². The third-order valence-corrected chi connectivity index (χ3v) is 6.82. The summed E-state index contributed by atoms with van der Waals surface area (Å²) < 4.78 is 32.4. The van der Waals surface area contributed by atoms with Crippen LogP contribution < -0.4 is 4.74 Å². The van der Waals surface area contributed by atoms with Crippen molar-refractivity contribution in [2.75, 3.05) is 19.7 Å². The Morgan fingerprint density at radius 3 is 2.62 bits per heavy atom. The number of hydrogen-bond donors (Lipinski definition) is 1. The van der Waals surface area contributed by atoms with Gasteiger partial charge in [-0.05, 0) is 48.9 Å². The number of nitrogens with one attached hydrogen (secondary N) is 1.